The standard InChI is InChI=1S/C25H26FN5O3S/c1-3-17-14-28-25(29-15-17)30-9-7-19(8-10-30)34-20-4-5-23(27-16-20)31-11-6-18-12-21(35(2,32)33)13-22(26)24(18)31/h4-6,11-16,19H,3,7-10H2,1-2H3. The molecule has 4 heterocycles. The molecule has 8 nitrogen and oxygen atoms in total. The van der Waals surface area contributed by atoms with E-state index in [4.69, 9.17) is 4.74 Å². The fourth-order valence-electron chi connectivity index (χ4n) is 4.25. The lowest BCUT2D eigenvalue weighted by atomic mass is 10.1. The highest BCUT2D eigenvalue weighted by molar-refractivity contribution is 7.90. The topological polar surface area (TPSA) is 90.2 Å². The number of halogens is 1. The molecule has 3 aromatic heterocycles. The summed E-state index contributed by atoms with van der Waals surface area (Å²) < 4.78 is 46.1. The summed E-state index contributed by atoms with van der Waals surface area (Å²) in [6.07, 6.45) is 10.8. The van der Waals surface area contributed by atoms with Gasteiger partial charge >= 0.3 is 0 Å². The first-order valence-corrected chi connectivity index (χ1v) is 13.4. The Balaban J connectivity index is 1.26. The van der Waals surface area contributed by atoms with E-state index >= 15 is 0 Å². The molecule has 0 N–H and O–H groups in total. The van der Waals surface area contributed by atoms with Gasteiger partial charge in [-0.05, 0) is 42.3 Å². The predicted octanol–water partition coefficient (Wildman–Crippen LogP) is 3.97. The van der Waals surface area contributed by atoms with Crippen molar-refractivity contribution >= 4 is 26.7 Å². The van der Waals surface area contributed by atoms with Crippen molar-refractivity contribution in [3.63, 3.8) is 0 Å². The number of hydrogen-bond acceptors (Lipinski definition) is 7. The lowest BCUT2D eigenvalue weighted by Crippen LogP contribution is -2.39. The van der Waals surface area contributed by atoms with Gasteiger partial charge in [0.05, 0.1) is 16.6 Å². The van der Waals surface area contributed by atoms with Crippen LogP contribution in [0.25, 0.3) is 16.7 Å². The predicted molar refractivity (Wildman–Crippen MR) is 131 cm³/mol. The van der Waals surface area contributed by atoms with Crippen molar-refractivity contribution in [2.45, 2.75) is 37.2 Å². The molecule has 0 saturated carbocycles. The van der Waals surface area contributed by atoms with E-state index in [1.165, 1.54) is 6.07 Å². The maximum atomic E-state index is 14.8. The Morgan fingerprint density at radius 1 is 1.06 bits per heavy atom. The van der Waals surface area contributed by atoms with Gasteiger partial charge in [-0.15, -0.1) is 0 Å². The minimum absolute atomic E-state index is 0.0486. The average molecular weight is 496 g/mol. The number of fused-ring (bicyclic) bond motifs is 1. The summed E-state index contributed by atoms with van der Waals surface area (Å²) in [5.74, 6) is 1.30. The van der Waals surface area contributed by atoms with Gasteiger partial charge in [-0.2, -0.15) is 0 Å². The van der Waals surface area contributed by atoms with Crippen LogP contribution >= 0.6 is 0 Å². The molecule has 0 bridgehead atoms. The maximum absolute atomic E-state index is 14.8. The van der Waals surface area contributed by atoms with E-state index < -0.39 is 15.7 Å². The summed E-state index contributed by atoms with van der Waals surface area (Å²) in [7, 11) is -3.51. The molecule has 0 radical (unpaired) electrons. The SMILES string of the molecule is CCc1cnc(N2CCC(Oc3ccc(-n4ccc5cc(S(C)(=O)=O)cc(F)c54)nc3)CC2)nc1. The van der Waals surface area contributed by atoms with Crippen LogP contribution in [-0.2, 0) is 16.3 Å². The van der Waals surface area contributed by atoms with Gasteiger partial charge < -0.3 is 9.64 Å². The number of aryl methyl sites for hydroxylation is 1. The highest BCUT2D eigenvalue weighted by atomic mass is 32.2. The van der Waals surface area contributed by atoms with E-state index in [1.54, 1.807) is 29.1 Å². The molecule has 1 fully saturated rings. The van der Waals surface area contributed by atoms with Crippen molar-refractivity contribution < 1.29 is 17.5 Å². The first-order chi connectivity index (χ1) is 16.8. The third-order valence-electron chi connectivity index (χ3n) is 6.23. The zero-order chi connectivity index (χ0) is 24.6. The Morgan fingerprint density at radius 2 is 1.80 bits per heavy atom. The number of sulfone groups is 1. The molecule has 0 atom stereocenters. The van der Waals surface area contributed by atoms with Gasteiger partial charge in [-0.25, -0.2) is 27.8 Å². The molecule has 4 aromatic rings. The molecule has 0 spiro atoms. The third kappa shape index (κ3) is 4.84. The van der Waals surface area contributed by atoms with Crippen LogP contribution in [0.1, 0.15) is 25.3 Å². The number of benzene rings is 1. The number of rotatable bonds is 6. The molecule has 182 valence electrons. The van der Waals surface area contributed by atoms with Crippen molar-refractivity contribution in [3.05, 3.63) is 66.5 Å². The van der Waals surface area contributed by atoms with Crippen molar-refractivity contribution in [3.8, 4) is 11.6 Å². The van der Waals surface area contributed by atoms with Gasteiger partial charge in [-0.1, -0.05) is 6.92 Å². The zero-order valence-corrected chi connectivity index (χ0v) is 20.4. The number of hydrogen-bond donors (Lipinski definition) is 0. The molecule has 0 unspecified atom stereocenters. The van der Waals surface area contributed by atoms with Crippen LogP contribution in [0.3, 0.4) is 0 Å². The van der Waals surface area contributed by atoms with Gasteiger partial charge in [-0.3, -0.25) is 4.57 Å². The highest BCUT2D eigenvalue weighted by Crippen LogP contribution is 2.27. The second-order valence-electron chi connectivity index (χ2n) is 8.70. The van der Waals surface area contributed by atoms with Crippen LogP contribution in [0.4, 0.5) is 10.3 Å². The van der Waals surface area contributed by atoms with Gasteiger partial charge in [0, 0.05) is 56.2 Å². The molecule has 1 saturated heterocycles. The Morgan fingerprint density at radius 3 is 2.43 bits per heavy atom. The number of pyridine rings is 1. The molecule has 0 amide bonds. The van der Waals surface area contributed by atoms with Gasteiger partial charge in [0.2, 0.25) is 5.95 Å². The van der Waals surface area contributed by atoms with Crippen molar-refractivity contribution in [2.75, 3.05) is 24.2 Å². The number of nitrogens with zero attached hydrogens (tertiary/aromatic N) is 5. The van der Waals surface area contributed by atoms with Crippen molar-refractivity contribution in [1.29, 1.82) is 0 Å². The summed E-state index contributed by atoms with van der Waals surface area (Å²) in [5, 5.41) is 0.493. The molecule has 5 rings (SSSR count). The smallest absolute Gasteiger partial charge is 0.225 e. The summed E-state index contributed by atoms with van der Waals surface area (Å²) in [5.41, 5.74) is 1.40. The summed E-state index contributed by atoms with van der Waals surface area (Å²) >= 11 is 0. The molecule has 35 heavy (non-hydrogen) atoms. The third-order valence-corrected chi connectivity index (χ3v) is 7.33. The number of piperidine rings is 1. The summed E-state index contributed by atoms with van der Waals surface area (Å²) in [6.45, 7) is 3.70. The van der Waals surface area contributed by atoms with E-state index in [-0.39, 0.29) is 16.5 Å². The maximum Gasteiger partial charge on any atom is 0.225 e. The minimum atomic E-state index is -3.51. The quantitative estimate of drug-likeness (QED) is 0.400. The molecule has 1 aromatic carbocycles. The Hall–Kier alpha value is -3.53. The molecular weight excluding hydrogens is 469 g/mol. The molecular formula is C25H26FN5O3S. The minimum Gasteiger partial charge on any atom is -0.489 e. The van der Waals surface area contributed by atoms with Crippen LogP contribution < -0.4 is 9.64 Å². The number of anilines is 1. The van der Waals surface area contributed by atoms with Crippen LogP contribution in [0.15, 0.2) is 60.0 Å². The van der Waals surface area contributed by atoms with Crippen molar-refractivity contribution in [1.82, 2.24) is 19.5 Å². The molecule has 1 aliphatic rings. The molecule has 10 heteroatoms. The summed E-state index contributed by atoms with van der Waals surface area (Å²) in [6, 6.07) is 7.76. The van der Waals surface area contributed by atoms with Crippen LogP contribution in [0, 0.1) is 5.82 Å². The Bertz CT molecular complexity index is 1450. The van der Waals surface area contributed by atoms with Gasteiger partial charge in [0.25, 0.3) is 0 Å². The lowest BCUT2D eigenvalue weighted by Gasteiger charge is -2.32. The highest BCUT2D eigenvalue weighted by Gasteiger charge is 2.22. The van der Waals surface area contributed by atoms with Crippen LogP contribution in [-0.4, -0.2) is 53.4 Å². The Kier molecular flexibility index (Phi) is 6.14. The van der Waals surface area contributed by atoms with Gasteiger partial charge in [0.15, 0.2) is 9.84 Å². The molecule has 0 aliphatic carbocycles. The van der Waals surface area contributed by atoms with E-state index in [9.17, 15) is 12.8 Å². The first-order valence-electron chi connectivity index (χ1n) is 11.5. The van der Waals surface area contributed by atoms with E-state index in [1.807, 2.05) is 18.5 Å². The number of ether oxygens (including phenoxy) is 1. The van der Waals surface area contributed by atoms with E-state index in [2.05, 4.69) is 26.8 Å². The van der Waals surface area contributed by atoms with Crippen LogP contribution in [0.5, 0.6) is 5.75 Å². The second kappa shape index (κ2) is 9.26. The van der Waals surface area contributed by atoms with E-state index in [0.717, 1.165) is 56.2 Å². The lowest BCUT2D eigenvalue weighted by molar-refractivity contribution is 0.170. The van der Waals surface area contributed by atoms with Crippen molar-refractivity contribution in [2.24, 2.45) is 0 Å². The fraction of sp³-hybridized carbons (Fsp3) is 0.320. The van der Waals surface area contributed by atoms with Crippen LogP contribution in [0.2, 0.25) is 0 Å². The fourth-order valence-corrected chi connectivity index (χ4v) is 4.91. The number of aromatic nitrogens is 4. The largest absolute Gasteiger partial charge is 0.489 e. The molecule has 1 aliphatic heterocycles. The van der Waals surface area contributed by atoms with Gasteiger partial charge in [0.1, 0.15) is 23.5 Å². The monoisotopic (exact) mass is 495 g/mol. The van der Waals surface area contributed by atoms with E-state index in [0.29, 0.717) is 17.0 Å². The second-order valence-corrected chi connectivity index (χ2v) is 10.7. The Labute approximate surface area is 203 Å². The normalized spacial score (nSPS) is 15.0. The summed E-state index contributed by atoms with van der Waals surface area (Å²) in [4.78, 5) is 15.5. The average Bonchev–Trinajstić information content (AvgIpc) is 3.29. The first kappa shape index (κ1) is 23.2. The zero-order valence-electron chi connectivity index (χ0n) is 19.6.